The van der Waals surface area contributed by atoms with Crippen LogP contribution in [-0.2, 0) is 14.8 Å². The molecule has 0 bridgehead atoms. The smallest absolute Gasteiger partial charge is 0.342 e. The number of anilines is 1. The lowest BCUT2D eigenvalue weighted by molar-refractivity contribution is 0.0522. The topological polar surface area (TPSA) is 130 Å². The summed E-state index contributed by atoms with van der Waals surface area (Å²) in [6.07, 6.45) is 2.57. The highest BCUT2D eigenvalue weighted by Crippen LogP contribution is 2.18. The van der Waals surface area contributed by atoms with Crippen LogP contribution in [0.1, 0.15) is 22.8 Å². The van der Waals surface area contributed by atoms with Crippen molar-refractivity contribution in [2.24, 2.45) is 0 Å². The molecule has 2 rings (SSSR count). The number of esters is 1. The minimum absolute atomic E-state index is 0.136. The highest BCUT2D eigenvalue weighted by molar-refractivity contribution is 7.92. The zero-order chi connectivity index (χ0) is 14.8. The molecule has 0 aliphatic heterocycles. The number of aromatic nitrogens is 4. The summed E-state index contributed by atoms with van der Waals surface area (Å²) in [5.74, 6) is -0.544. The van der Waals surface area contributed by atoms with Crippen molar-refractivity contribution < 1.29 is 17.9 Å². The second kappa shape index (κ2) is 5.33. The van der Waals surface area contributed by atoms with E-state index >= 15 is 0 Å². The fourth-order valence-corrected chi connectivity index (χ4v) is 2.64. The molecule has 0 spiro atoms. The Balaban J connectivity index is 2.33. The maximum Gasteiger partial charge on any atom is 0.342 e. The third-order valence-corrected chi connectivity index (χ3v) is 3.76. The molecule has 0 saturated heterocycles. The molecule has 0 amide bonds. The maximum absolute atomic E-state index is 12.2. The minimum Gasteiger partial charge on any atom is -0.462 e. The number of sulfonamides is 1. The Hall–Kier alpha value is -2.36. The van der Waals surface area contributed by atoms with Crippen LogP contribution >= 0.6 is 0 Å². The van der Waals surface area contributed by atoms with Crippen molar-refractivity contribution in [2.45, 2.75) is 18.9 Å². The number of rotatable bonds is 5. The minimum atomic E-state index is -4.00. The molecule has 3 N–H and O–H groups in total. The van der Waals surface area contributed by atoms with E-state index < -0.39 is 16.0 Å². The van der Waals surface area contributed by atoms with Crippen LogP contribution in [0, 0.1) is 6.92 Å². The van der Waals surface area contributed by atoms with Crippen molar-refractivity contribution in [3.05, 3.63) is 23.5 Å². The van der Waals surface area contributed by atoms with Gasteiger partial charge in [0, 0.05) is 5.56 Å². The molecule has 108 valence electrons. The Kier molecular flexibility index (Phi) is 3.74. The zero-order valence-electron chi connectivity index (χ0n) is 10.8. The molecule has 0 aliphatic rings. The van der Waals surface area contributed by atoms with Crippen LogP contribution in [-0.4, -0.2) is 41.4 Å². The van der Waals surface area contributed by atoms with E-state index in [2.05, 4.69) is 25.1 Å². The summed E-state index contributed by atoms with van der Waals surface area (Å²) in [7, 11) is -4.00. The van der Waals surface area contributed by atoms with Gasteiger partial charge in [-0.2, -0.15) is 18.6 Å². The SMILES string of the molecule is CCOC(=O)c1cn[nH]c1S(=O)(=O)Nc1[nH]ncc1C. The van der Waals surface area contributed by atoms with E-state index in [1.165, 1.54) is 6.20 Å². The Morgan fingerprint density at radius 2 is 2.05 bits per heavy atom. The molecule has 2 aromatic rings. The third kappa shape index (κ3) is 2.64. The quantitative estimate of drug-likeness (QED) is 0.686. The maximum atomic E-state index is 12.2. The summed E-state index contributed by atoms with van der Waals surface area (Å²) >= 11 is 0. The molecule has 9 nitrogen and oxygen atoms in total. The number of hydrogen-bond donors (Lipinski definition) is 3. The van der Waals surface area contributed by atoms with Gasteiger partial charge < -0.3 is 4.74 Å². The summed E-state index contributed by atoms with van der Waals surface area (Å²) in [5.41, 5.74) is 0.460. The number of carbonyl (C=O) groups is 1. The Bertz CT molecular complexity index is 718. The second-order valence-corrected chi connectivity index (χ2v) is 5.49. The van der Waals surface area contributed by atoms with Crippen molar-refractivity contribution in [3.63, 3.8) is 0 Å². The molecule has 0 saturated carbocycles. The molecule has 10 heteroatoms. The lowest BCUT2D eigenvalue weighted by Crippen LogP contribution is -2.18. The van der Waals surface area contributed by atoms with E-state index in [4.69, 9.17) is 4.74 Å². The molecule has 0 radical (unpaired) electrons. The molecule has 2 heterocycles. The van der Waals surface area contributed by atoms with Crippen molar-refractivity contribution in [1.82, 2.24) is 20.4 Å². The lowest BCUT2D eigenvalue weighted by Gasteiger charge is -2.06. The van der Waals surface area contributed by atoms with Crippen LogP contribution < -0.4 is 4.72 Å². The van der Waals surface area contributed by atoms with Gasteiger partial charge in [-0.1, -0.05) is 0 Å². The Morgan fingerprint density at radius 1 is 1.35 bits per heavy atom. The first-order chi connectivity index (χ1) is 9.45. The van der Waals surface area contributed by atoms with Crippen LogP contribution in [0.3, 0.4) is 0 Å². The number of hydrogen-bond acceptors (Lipinski definition) is 6. The van der Waals surface area contributed by atoms with Gasteiger partial charge in [-0.15, -0.1) is 0 Å². The first kappa shape index (κ1) is 14.1. The van der Waals surface area contributed by atoms with Gasteiger partial charge >= 0.3 is 5.97 Å². The van der Waals surface area contributed by atoms with Crippen molar-refractivity contribution >= 4 is 21.8 Å². The number of aromatic amines is 2. The fourth-order valence-electron chi connectivity index (χ4n) is 1.47. The van der Waals surface area contributed by atoms with Crippen LogP contribution in [0.5, 0.6) is 0 Å². The average Bonchev–Trinajstić information content (AvgIpc) is 2.99. The molecule has 0 aliphatic carbocycles. The van der Waals surface area contributed by atoms with Gasteiger partial charge in [0.1, 0.15) is 11.4 Å². The number of ether oxygens (including phenoxy) is 1. The highest BCUT2D eigenvalue weighted by Gasteiger charge is 2.26. The Labute approximate surface area is 114 Å². The summed E-state index contributed by atoms with van der Waals surface area (Å²) in [5, 5.41) is 11.7. The summed E-state index contributed by atoms with van der Waals surface area (Å²) in [4.78, 5) is 11.6. The molecule has 2 aromatic heterocycles. The van der Waals surface area contributed by atoms with Crippen molar-refractivity contribution in [3.8, 4) is 0 Å². The van der Waals surface area contributed by atoms with E-state index in [9.17, 15) is 13.2 Å². The predicted molar refractivity (Wildman–Crippen MR) is 68.7 cm³/mol. The molecular formula is C10H13N5O4S. The van der Waals surface area contributed by atoms with Gasteiger partial charge in [-0.05, 0) is 13.8 Å². The zero-order valence-corrected chi connectivity index (χ0v) is 11.6. The van der Waals surface area contributed by atoms with Crippen molar-refractivity contribution in [2.75, 3.05) is 11.3 Å². The normalized spacial score (nSPS) is 11.3. The molecule has 0 atom stereocenters. The number of nitrogens with one attached hydrogen (secondary N) is 3. The number of H-pyrrole nitrogens is 2. The number of carbonyl (C=O) groups excluding carboxylic acids is 1. The fraction of sp³-hybridized carbons (Fsp3) is 0.300. The molecule has 0 unspecified atom stereocenters. The largest absolute Gasteiger partial charge is 0.462 e. The van der Waals surface area contributed by atoms with Crippen molar-refractivity contribution in [1.29, 1.82) is 0 Å². The second-order valence-electron chi connectivity index (χ2n) is 3.87. The van der Waals surface area contributed by atoms with E-state index in [0.717, 1.165) is 6.20 Å². The van der Waals surface area contributed by atoms with Gasteiger partial charge in [-0.3, -0.25) is 14.9 Å². The van der Waals surface area contributed by atoms with Gasteiger partial charge in [0.15, 0.2) is 5.03 Å². The van der Waals surface area contributed by atoms with Crippen LogP contribution in [0.2, 0.25) is 0 Å². The molecule has 20 heavy (non-hydrogen) atoms. The summed E-state index contributed by atoms with van der Waals surface area (Å²) in [6, 6.07) is 0. The summed E-state index contributed by atoms with van der Waals surface area (Å²) < 4.78 is 31.5. The summed E-state index contributed by atoms with van der Waals surface area (Å²) in [6.45, 7) is 3.44. The van der Waals surface area contributed by atoms with Gasteiger partial charge in [0.25, 0.3) is 10.0 Å². The number of nitrogens with zero attached hydrogens (tertiary/aromatic N) is 2. The van der Waals surface area contributed by atoms with E-state index in [0.29, 0.717) is 5.56 Å². The van der Waals surface area contributed by atoms with Gasteiger partial charge in [0.05, 0.1) is 19.0 Å². The van der Waals surface area contributed by atoms with Gasteiger partial charge in [-0.25, -0.2) is 4.79 Å². The first-order valence-electron chi connectivity index (χ1n) is 5.69. The van der Waals surface area contributed by atoms with E-state index in [1.807, 2.05) is 0 Å². The van der Waals surface area contributed by atoms with Crippen LogP contribution in [0.4, 0.5) is 5.82 Å². The molecule has 0 fully saturated rings. The molecular weight excluding hydrogens is 286 g/mol. The third-order valence-electron chi connectivity index (χ3n) is 2.43. The monoisotopic (exact) mass is 299 g/mol. The average molecular weight is 299 g/mol. The molecule has 0 aromatic carbocycles. The van der Waals surface area contributed by atoms with Gasteiger partial charge in [0.2, 0.25) is 0 Å². The lowest BCUT2D eigenvalue weighted by atomic mass is 10.4. The first-order valence-corrected chi connectivity index (χ1v) is 7.17. The Morgan fingerprint density at radius 3 is 2.65 bits per heavy atom. The predicted octanol–water partition coefficient (Wildman–Crippen LogP) is 0.419. The van der Waals surface area contributed by atoms with Crippen LogP contribution in [0.25, 0.3) is 0 Å². The highest BCUT2D eigenvalue weighted by atomic mass is 32.2. The number of aryl methyl sites for hydroxylation is 1. The van der Waals surface area contributed by atoms with E-state index in [-0.39, 0.29) is 23.0 Å². The van der Waals surface area contributed by atoms with Crippen LogP contribution in [0.15, 0.2) is 17.4 Å². The standard InChI is InChI=1S/C10H13N5O4S/c1-3-19-10(16)7-5-12-14-9(7)20(17,18)15-8-6(2)4-11-13-8/h4-5H,3H2,1-2H3,(H,12,14)(H2,11,13,15). The van der Waals surface area contributed by atoms with E-state index in [1.54, 1.807) is 13.8 Å².